The Hall–Kier alpha value is -2.71. The third kappa shape index (κ3) is 3.65. The number of alkyl halides is 3. The second-order valence-electron chi connectivity index (χ2n) is 4.02. The van der Waals surface area contributed by atoms with Crippen LogP contribution in [0.3, 0.4) is 0 Å². The van der Waals surface area contributed by atoms with Gasteiger partial charge in [0.05, 0.1) is 17.2 Å². The molecule has 110 valence electrons. The minimum Gasteiger partial charge on any atom is -0.374 e. The Labute approximate surface area is 116 Å². The van der Waals surface area contributed by atoms with Gasteiger partial charge in [0, 0.05) is 6.20 Å². The summed E-state index contributed by atoms with van der Waals surface area (Å²) in [4.78, 5) is 17.1. The lowest BCUT2D eigenvalue weighted by molar-refractivity contribution is -0.384. The summed E-state index contributed by atoms with van der Waals surface area (Å²) in [7, 11) is 0. The predicted octanol–water partition coefficient (Wildman–Crippen LogP) is 3.02. The number of halogens is 3. The summed E-state index contributed by atoms with van der Waals surface area (Å²) in [6.45, 7) is 0.0585. The van der Waals surface area contributed by atoms with Crippen LogP contribution in [0.4, 0.5) is 24.5 Å². The van der Waals surface area contributed by atoms with Gasteiger partial charge in [-0.05, 0) is 18.2 Å². The number of rotatable bonds is 4. The van der Waals surface area contributed by atoms with E-state index in [2.05, 4.69) is 15.3 Å². The van der Waals surface area contributed by atoms with E-state index in [1.165, 1.54) is 6.20 Å². The molecule has 0 radical (unpaired) electrons. The van der Waals surface area contributed by atoms with Crippen molar-refractivity contribution in [1.82, 2.24) is 9.97 Å². The van der Waals surface area contributed by atoms with E-state index in [9.17, 15) is 23.3 Å². The summed E-state index contributed by atoms with van der Waals surface area (Å²) < 4.78 is 37.8. The van der Waals surface area contributed by atoms with Crippen molar-refractivity contribution in [1.29, 1.82) is 0 Å². The van der Waals surface area contributed by atoms with Gasteiger partial charge < -0.3 is 5.32 Å². The Balaban J connectivity index is 2.29. The van der Waals surface area contributed by atoms with Gasteiger partial charge in [-0.1, -0.05) is 6.07 Å². The highest BCUT2D eigenvalue weighted by Gasteiger charge is 2.34. The fourth-order valence-electron chi connectivity index (χ4n) is 1.58. The molecule has 0 aliphatic heterocycles. The average molecular weight is 298 g/mol. The molecule has 21 heavy (non-hydrogen) atoms. The van der Waals surface area contributed by atoms with Crippen molar-refractivity contribution in [2.24, 2.45) is 0 Å². The SMILES string of the molecule is O=[N+]([O-])c1cnc(C(F)(F)F)cc1NCc1ccccn1. The molecule has 0 unspecified atom stereocenters. The van der Waals surface area contributed by atoms with E-state index < -0.39 is 22.5 Å². The summed E-state index contributed by atoms with van der Waals surface area (Å²) in [5.74, 6) is 0. The molecule has 9 heteroatoms. The van der Waals surface area contributed by atoms with Gasteiger partial charge in [0.15, 0.2) is 0 Å². The number of nitrogens with one attached hydrogen (secondary N) is 1. The van der Waals surface area contributed by atoms with Crippen LogP contribution >= 0.6 is 0 Å². The van der Waals surface area contributed by atoms with Crippen LogP contribution in [-0.2, 0) is 12.7 Å². The minimum absolute atomic E-state index is 0.0585. The zero-order valence-corrected chi connectivity index (χ0v) is 10.5. The first-order valence-electron chi connectivity index (χ1n) is 5.73. The van der Waals surface area contributed by atoms with E-state index in [-0.39, 0.29) is 12.2 Å². The van der Waals surface area contributed by atoms with Crippen molar-refractivity contribution < 1.29 is 18.1 Å². The molecular formula is C12H9F3N4O2. The summed E-state index contributed by atoms with van der Waals surface area (Å²) in [5.41, 5.74) is -1.44. The lowest BCUT2D eigenvalue weighted by Gasteiger charge is -2.10. The van der Waals surface area contributed by atoms with Gasteiger partial charge in [-0.3, -0.25) is 15.1 Å². The maximum Gasteiger partial charge on any atom is 0.433 e. The monoisotopic (exact) mass is 298 g/mol. The van der Waals surface area contributed by atoms with Crippen LogP contribution in [0.2, 0.25) is 0 Å². The molecule has 0 aromatic carbocycles. The van der Waals surface area contributed by atoms with E-state index in [0.717, 1.165) is 0 Å². The smallest absolute Gasteiger partial charge is 0.374 e. The second kappa shape index (κ2) is 5.73. The van der Waals surface area contributed by atoms with Crippen LogP contribution in [0.5, 0.6) is 0 Å². The summed E-state index contributed by atoms with van der Waals surface area (Å²) >= 11 is 0. The molecule has 0 amide bonds. The average Bonchev–Trinajstić information content (AvgIpc) is 2.45. The van der Waals surface area contributed by atoms with E-state index in [1.54, 1.807) is 18.2 Å². The maximum absolute atomic E-state index is 12.6. The Morgan fingerprint density at radius 1 is 1.29 bits per heavy atom. The van der Waals surface area contributed by atoms with Crippen LogP contribution in [-0.4, -0.2) is 14.9 Å². The molecule has 0 bridgehead atoms. The third-order valence-corrected chi connectivity index (χ3v) is 2.56. The molecule has 0 atom stereocenters. The minimum atomic E-state index is -4.67. The maximum atomic E-state index is 12.6. The first-order chi connectivity index (χ1) is 9.88. The molecule has 0 saturated heterocycles. The lowest BCUT2D eigenvalue weighted by Crippen LogP contribution is -2.11. The molecule has 2 aromatic heterocycles. The summed E-state index contributed by atoms with van der Waals surface area (Å²) in [6.07, 6.45) is -2.57. The Kier molecular flexibility index (Phi) is 4.01. The van der Waals surface area contributed by atoms with Crippen LogP contribution in [0, 0.1) is 10.1 Å². The van der Waals surface area contributed by atoms with Crippen LogP contribution in [0.25, 0.3) is 0 Å². The van der Waals surface area contributed by atoms with Gasteiger partial charge in [0.2, 0.25) is 0 Å². The third-order valence-electron chi connectivity index (χ3n) is 2.56. The van der Waals surface area contributed by atoms with E-state index in [4.69, 9.17) is 0 Å². The van der Waals surface area contributed by atoms with Crippen molar-refractivity contribution in [3.8, 4) is 0 Å². The molecule has 2 aromatic rings. The van der Waals surface area contributed by atoms with Crippen LogP contribution in [0.1, 0.15) is 11.4 Å². The highest BCUT2D eigenvalue weighted by molar-refractivity contribution is 5.61. The molecule has 0 spiro atoms. The van der Waals surface area contributed by atoms with E-state index >= 15 is 0 Å². The Morgan fingerprint density at radius 2 is 2.05 bits per heavy atom. The number of anilines is 1. The standard InChI is InChI=1S/C12H9F3N4O2/c13-12(14,15)11-5-9(10(7-18-11)19(20)21)17-6-8-3-1-2-4-16-8/h1-5,7H,6H2,(H,17,18). The molecule has 0 fully saturated rings. The van der Waals surface area contributed by atoms with Gasteiger partial charge >= 0.3 is 11.9 Å². The zero-order valence-electron chi connectivity index (χ0n) is 10.5. The number of nitro groups is 1. The van der Waals surface area contributed by atoms with Gasteiger partial charge in [-0.15, -0.1) is 0 Å². The largest absolute Gasteiger partial charge is 0.433 e. The molecule has 0 saturated carbocycles. The molecule has 1 N–H and O–H groups in total. The highest BCUT2D eigenvalue weighted by Crippen LogP contribution is 2.32. The predicted molar refractivity (Wildman–Crippen MR) is 67.5 cm³/mol. The first-order valence-corrected chi connectivity index (χ1v) is 5.73. The van der Waals surface area contributed by atoms with Crippen LogP contribution < -0.4 is 5.32 Å². The number of pyridine rings is 2. The number of aromatic nitrogens is 2. The molecule has 2 rings (SSSR count). The van der Waals surface area contributed by atoms with Crippen LogP contribution in [0.15, 0.2) is 36.7 Å². The summed E-state index contributed by atoms with van der Waals surface area (Å²) in [5, 5.41) is 13.4. The molecule has 0 aliphatic rings. The normalized spacial score (nSPS) is 11.2. The topological polar surface area (TPSA) is 81.0 Å². The number of nitrogens with zero attached hydrogens (tertiary/aromatic N) is 3. The number of hydrogen-bond acceptors (Lipinski definition) is 5. The summed E-state index contributed by atoms with van der Waals surface area (Å²) in [6, 6.07) is 5.64. The fourth-order valence-corrected chi connectivity index (χ4v) is 1.58. The zero-order chi connectivity index (χ0) is 15.5. The molecular weight excluding hydrogens is 289 g/mol. The Morgan fingerprint density at radius 3 is 2.62 bits per heavy atom. The van der Waals surface area contributed by atoms with Crippen molar-refractivity contribution in [2.75, 3.05) is 5.32 Å². The second-order valence-corrected chi connectivity index (χ2v) is 4.02. The highest BCUT2D eigenvalue weighted by atomic mass is 19.4. The lowest BCUT2D eigenvalue weighted by atomic mass is 10.2. The van der Waals surface area contributed by atoms with Crippen molar-refractivity contribution in [2.45, 2.75) is 12.7 Å². The van der Waals surface area contributed by atoms with Crippen molar-refractivity contribution >= 4 is 11.4 Å². The van der Waals surface area contributed by atoms with Gasteiger partial charge in [0.1, 0.15) is 17.6 Å². The van der Waals surface area contributed by atoms with E-state index in [1.807, 2.05) is 0 Å². The molecule has 0 aliphatic carbocycles. The molecule has 6 nitrogen and oxygen atoms in total. The molecule has 2 heterocycles. The number of hydrogen-bond donors (Lipinski definition) is 1. The van der Waals surface area contributed by atoms with Crippen molar-refractivity contribution in [3.05, 3.63) is 58.2 Å². The quantitative estimate of drug-likeness (QED) is 0.693. The van der Waals surface area contributed by atoms with E-state index in [0.29, 0.717) is 18.0 Å². The first kappa shape index (κ1) is 14.7. The van der Waals surface area contributed by atoms with Gasteiger partial charge in [-0.25, -0.2) is 4.98 Å². The van der Waals surface area contributed by atoms with Crippen molar-refractivity contribution in [3.63, 3.8) is 0 Å². The van der Waals surface area contributed by atoms with Gasteiger partial charge in [-0.2, -0.15) is 13.2 Å². The fraction of sp³-hybridized carbons (Fsp3) is 0.167. The Bertz CT molecular complexity index is 647. The van der Waals surface area contributed by atoms with Gasteiger partial charge in [0.25, 0.3) is 0 Å².